The van der Waals surface area contributed by atoms with Crippen molar-refractivity contribution in [3.8, 4) is 0 Å². The molecule has 0 heterocycles. The second-order valence-corrected chi connectivity index (χ2v) is 7.08. The van der Waals surface area contributed by atoms with Gasteiger partial charge in [-0.3, -0.25) is 4.31 Å². The molecule has 7 heteroatoms. The lowest BCUT2D eigenvalue weighted by molar-refractivity contribution is 0.600. The van der Waals surface area contributed by atoms with E-state index in [1.165, 1.54) is 17.6 Å². The van der Waals surface area contributed by atoms with Gasteiger partial charge >= 0.3 is 0 Å². The zero-order chi connectivity index (χ0) is 14.0. The van der Waals surface area contributed by atoms with Crippen LogP contribution >= 0.6 is 12.2 Å². The molecule has 1 aliphatic rings. The van der Waals surface area contributed by atoms with Crippen LogP contribution in [0.3, 0.4) is 0 Å². The van der Waals surface area contributed by atoms with Gasteiger partial charge in [0.25, 0.3) is 0 Å². The molecule has 1 aromatic rings. The van der Waals surface area contributed by atoms with Gasteiger partial charge in [-0.15, -0.1) is 0 Å². The first-order valence-corrected chi connectivity index (χ1v) is 8.23. The Kier molecular flexibility index (Phi) is 3.96. The lowest BCUT2D eigenvalue weighted by Crippen LogP contribution is -2.30. The average molecular weight is 299 g/mol. The molecule has 0 amide bonds. The molecule has 0 aliphatic heterocycles. The van der Waals surface area contributed by atoms with E-state index in [1.807, 2.05) is 6.07 Å². The van der Waals surface area contributed by atoms with Crippen LogP contribution in [0.1, 0.15) is 12.8 Å². The second-order valence-electron chi connectivity index (χ2n) is 4.65. The number of nitrogens with zero attached hydrogens (tertiary/aromatic N) is 1. The minimum Gasteiger partial charge on any atom is -0.360 e. The Hall–Kier alpha value is -1.34. The summed E-state index contributed by atoms with van der Waals surface area (Å²) in [7, 11) is -1.73. The van der Waals surface area contributed by atoms with Gasteiger partial charge in [0, 0.05) is 18.8 Å². The Balaban J connectivity index is 2.08. The number of benzene rings is 1. The van der Waals surface area contributed by atoms with E-state index in [2.05, 4.69) is 10.6 Å². The monoisotopic (exact) mass is 299 g/mol. The molecule has 2 rings (SSSR count). The van der Waals surface area contributed by atoms with Crippen molar-refractivity contribution in [1.29, 1.82) is 0 Å². The molecule has 0 saturated heterocycles. The standard InChI is InChI=1S/C12H17N3O2S2/c1-15(19(2,16)17)11-5-3-4-10(8-11)14-12(18)13-9-6-7-9/h3-5,8-9H,6-7H2,1-2H3,(H2,13,14,18). The Bertz CT molecular complexity index is 582. The molecule has 0 unspecified atom stereocenters. The summed E-state index contributed by atoms with van der Waals surface area (Å²) in [6.07, 6.45) is 3.48. The molecule has 0 atom stereocenters. The van der Waals surface area contributed by atoms with Gasteiger partial charge < -0.3 is 10.6 Å². The molecule has 0 spiro atoms. The second kappa shape index (κ2) is 5.34. The fourth-order valence-electron chi connectivity index (χ4n) is 1.55. The normalized spacial score (nSPS) is 14.8. The highest BCUT2D eigenvalue weighted by atomic mass is 32.2. The number of hydrogen-bond donors (Lipinski definition) is 2. The molecule has 19 heavy (non-hydrogen) atoms. The average Bonchev–Trinajstić information content (AvgIpc) is 3.10. The predicted octanol–water partition coefficient (Wildman–Crippen LogP) is 1.53. The summed E-state index contributed by atoms with van der Waals surface area (Å²) in [5.74, 6) is 0. The topological polar surface area (TPSA) is 61.4 Å². The number of nitrogens with one attached hydrogen (secondary N) is 2. The summed E-state index contributed by atoms with van der Waals surface area (Å²) >= 11 is 5.18. The van der Waals surface area contributed by atoms with Crippen LogP contribution in [0, 0.1) is 0 Å². The first kappa shape index (κ1) is 14.1. The van der Waals surface area contributed by atoms with Crippen molar-refractivity contribution in [3.63, 3.8) is 0 Å². The highest BCUT2D eigenvalue weighted by Crippen LogP contribution is 2.21. The van der Waals surface area contributed by atoms with Gasteiger partial charge in [0.2, 0.25) is 10.0 Å². The van der Waals surface area contributed by atoms with E-state index < -0.39 is 10.0 Å². The molecule has 104 valence electrons. The Labute approximate surface area is 119 Å². The molecule has 1 aliphatic carbocycles. The zero-order valence-electron chi connectivity index (χ0n) is 10.9. The van der Waals surface area contributed by atoms with Crippen LogP contribution in [0.25, 0.3) is 0 Å². The van der Waals surface area contributed by atoms with Gasteiger partial charge in [-0.1, -0.05) is 6.07 Å². The highest BCUT2D eigenvalue weighted by molar-refractivity contribution is 7.92. The van der Waals surface area contributed by atoms with Gasteiger partial charge in [-0.2, -0.15) is 0 Å². The fraction of sp³-hybridized carbons (Fsp3) is 0.417. The molecule has 5 nitrogen and oxygen atoms in total. The van der Waals surface area contributed by atoms with Crippen LogP contribution < -0.4 is 14.9 Å². The van der Waals surface area contributed by atoms with Crippen LogP contribution in [0.4, 0.5) is 11.4 Å². The lowest BCUT2D eigenvalue weighted by atomic mass is 10.3. The Morgan fingerprint density at radius 1 is 1.42 bits per heavy atom. The molecule has 0 bridgehead atoms. The summed E-state index contributed by atoms with van der Waals surface area (Å²) in [5.41, 5.74) is 1.37. The van der Waals surface area contributed by atoms with Gasteiger partial charge in [0.15, 0.2) is 5.11 Å². The lowest BCUT2D eigenvalue weighted by Gasteiger charge is -2.18. The number of hydrogen-bond acceptors (Lipinski definition) is 3. The van der Waals surface area contributed by atoms with Gasteiger partial charge in [0.05, 0.1) is 11.9 Å². The third-order valence-corrected chi connectivity index (χ3v) is 4.30. The zero-order valence-corrected chi connectivity index (χ0v) is 12.5. The minimum absolute atomic E-state index is 0.488. The van der Waals surface area contributed by atoms with Crippen LogP contribution in [0.15, 0.2) is 24.3 Å². The van der Waals surface area contributed by atoms with Gasteiger partial charge in [-0.05, 0) is 43.3 Å². The molecule has 1 aromatic carbocycles. The first-order chi connectivity index (χ1) is 8.86. The molecular weight excluding hydrogens is 282 g/mol. The smallest absolute Gasteiger partial charge is 0.231 e. The maximum Gasteiger partial charge on any atom is 0.231 e. The Morgan fingerprint density at radius 3 is 2.68 bits per heavy atom. The summed E-state index contributed by atoms with van der Waals surface area (Å²) in [5, 5.41) is 6.80. The van der Waals surface area contributed by atoms with E-state index in [0.717, 1.165) is 18.5 Å². The number of thiocarbonyl (C=S) groups is 1. The van der Waals surface area contributed by atoms with Crippen molar-refractivity contribution < 1.29 is 8.42 Å². The van der Waals surface area contributed by atoms with E-state index in [9.17, 15) is 8.42 Å². The van der Waals surface area contributed by atoms with Crippen molar-refractivity contribution in [2.75, 3.05) is 22.9 Å². The maximum absolute atomic E-state index is 11.5. The van der Waals surface area contributed by atoms with E-state index in [1.54, 1.807) is 18.2 Å². The summed E-state index contributed by atoms with van der Waals surface area (Å²) in [6, 6.07) is 7.62. The van der Waals surface area contributed by atoms with Crippen LogP contribution in [-0.2, 0) is 10.0 Å². The van der Waals surface area contributed by atoms with Gasteiger partial charge in [-0.25, -0.2) is 8.42 Å². The van der Waals surface area contributed by atoms with Crippen molar-refractivity contribution in [1.82, 2.24) is 5.32 Å². The highest BCUT2D eigenvalue weighted by Gasteiger charge is 2.21. The van der Waals surface area contributed by atoms with E-state index in [-0.39, 0.29) is 0 Å². The minimum atomic E-state index is -3.25. The number of anilines is 2. The molecular formula is C12H17N3O2S2. The Morgan fingerprint density at radius 2 is 2.11 bits per heavy atom. The first-order valence-electron chi connectivity index (χ1n) is 5.98. The van der Waals surface area contributed by atoms with E-state index >= 15 is 0 Å². The van der Waals surface area contributed by atoms with Gasteiger partial charge in [0.1, 0.15) is 0 Å². The third-order valence-electron chi connectivity index (χ3n) is 2.88. The SMILES string of the molecule is CN(c1cccc(NC(=S)NC2CC2)c1)S(C)(=O)=O. The van der Waals surface area contributed by atoms with Crippen LogP contribution in [-0.4, -0.2) is 32.9 Å². The van der Waals surface area contributed by atoms with Crippen LogP contribution in [0.2, 0.25) is 0 Å². The van der Waals surface area contributed by atoms with Crippen molar-refractivity contribution in [2.45, 2.75) is 18.9 Å². The molecule has 1 fully saturated rings. The van der Waals surface area contributed by atoms with E-state index in [4.69, 9.17) is 12.2 Å². The predicted molar refractivity (Wildman–Crippen MR) is 82.1 cm³/mol. The van der Waals surface area contributed by atoms with Crippen molar-refractivity contribution in [3.05, 3.63) is 24.3 Å². The molecule has 2 N–H and O–H groups in total. The van der Waals surface area contributed by atoms with E-state index in [0.29, 0.717) is 16.8 Å². The third kappa shape index (κ3) is 4.07. The van der Waals surface area contributed by atoms with Crippen molar-refractivity contribution in [2.24, 2.45) is 0 Å². The number of sulfonamides is 1. The van der Waals surface area contributed by atoms with Crippen molar-refractivity contribution >= 4 is 38.7 Å². The molecule has 1 saturated carbocycles. The largest absolute Gasteiger partial charge is 0.360 e. The quantitative estimate of drug-likeness (QED) is 0.826. The summed E-state index contributed by atoms with van der Waals surface area (Å²) in [4.78, 5) is 0. The molecule has 0 aromatic heterocycles. The summed E-state index contributed by atoms with van der Waals surface area (Å²) in [6.45, 7) is 0. The van der Waals surface area contributed by atoms with Crippen LogP contribution in [0.5, 0.6) is 0 Å². The fourth-order valence-corrected chi connectivity index (χ4v) is 2.33. The maximum atomic E-state index is 11.5. The summed E-state index contributed by atoms with van der Waals surface area (Å²) < 4.78 is 24.2. The molecule has 0 radical (unpaired) electrons. The number of rotatable bonds is 4.